The molecule has 0 radical (unpaired) electrons. The largest absolute Gasteiger partial charge is 0.449 e. The Morgan fingerprint density at radius 3 is 2.43 bits per heavy atom. The molecule has 1 amide bonds. The number of rotatable bonds is 5. The number of ether oxygens (including phenoxy) is 1. The van der Waals surface area contributed by atoms with Crippen LogP contribution in [-0.2, 0) is 16.1 Å². The van der Waals surface area contributed by atoms with E-state index < -0.39 is 12.1 Å². The average molecular weight is 311 g/mol. The summed E-state index contributed by atoms with van der Waals surface area (Å²) in [5.41, 5.74) is 3.37. The Labute approximate surface area is 136 Å². The second kappa shape index (κ2) is 7.58. The molecule has 1 N–H and O–H groups in total. The van der Waals surface area contributed by atoms with Crippen molar-refractivity contribution in [2.24, 2.45) is 0 Å². The summed E-state index contributed by atoms with van der Waals surface area (Å²) in [6, 6.07) is 15.0. The van der Waals surface area contributed by atoms with Crippen LogP contribution in [0.3, 0.4) is 0 Å². The molecule has 2 aromatic carbocycles. The lowest BCUT2D eigenvalue weighted by Crippen LogP contribution is -2.35. The minimum absolute atomic E-state index is 0.312. The van der Waals surface area contributed by atoms with Crippen LogP contribution in [0.4, 0.5) is 0 Å². The first-order valence-electron chi connectivity index (χ1n) is 7.58. The number of aryl methyl sites for hydroxylation is 1. The highest BCUT2D eigenvalue weighted by Crippen LogP contribution is 2.14. The predicted octanol–water partition coefficient (Wildman–Crippen LogP) is 3.17. The zero-order chi connectivity index (χ0) is 16.8. The summed E-state index contributed by atoms with van der Waals surface area (Å²) in [5.74, 6) is -0.791. The lowest BCUT2D eigenvalue weighted by molar-refractivity contribution is -0.129. The summed E-state index contributed by atoms with van der Waals surface area (Å²) in [4.78, 5) is 24.3. The number of amides is 1. The third kappa shape index (κ3) is 4.42. The molecule has 2 aromatic rings. The van der Waals surface area contributed by atoms with Crippen molar-refractivity contribution in [2.45, 2.75) is 33.4 Å². The molecule has 0 bridgehead atoms. The second-order valence-electron chi connectivity index (χ2n) is 5.50. The van der Waals surface area contributed by atoms with Crippen LogP contribution in [0.2, 0.25) is 0 Å². The van der Waals surface area contributed by atoms with E-state index in [1.165, 1.54) is 0 Å². The Balaban J connectivity index is 1.92. The quantitative estimate of drug-likeness (QED) is 0.863. The molecule has 0 fully saturated rings. The maximum atomic E-state index is 12.2. The maximum absolute atomic E-state index is 12.2. The summed E-state index contributed by atoms with van der Waals surface area (Å²) >= 11 is 0. The van der Waals surface area contributed by atoms with Crippen LogP contribution in [-0.4, -0.2) is 18.0 Å². The molecular weight excluding hydrogens is 290 g/mol. The molecule has 4 heteroatoms. The highest BCUT2D eigenvalue weighted by molar-refractivity contribution is 5.93. The number of hydrogen-bond donors (Lipinski definition) is 1. The first-order chi connectivity index (χ1) is 11.0. The van der Waals surface area contributed by atoms with Gasteiger partial charge >= 0.3 is 5.97 Å². The number of benzene rings is 2. The molecule has 0 unspecified atom stereocenters. The van der Waals surface area contributed by atoms with E-state index in [1.807, 2.05) is 50.2 Å². The van der Waals surface area contributed by atoms with Gasteiger partial charge in [-0.3, -0.25) is 4.79 Å². The second-order valence-corrected chi connectivity index (χ2v) is 5.50. The van der Waals surface area contributed by atoms with Crippen molar-refractivity contribution in [3.05, 3.63) is 70.8 Å². The lowest BCUT2D eigenvalue weighted by atomic mass is 10.0. The molecule has 23 heavy (non-hydrogen) atoms. The molecule has 4 nitrogen and oxygen atoms in total. The molecule has 1 atom stereocenters. The SMILES string of the molecule is Cc1cccc(C(=O)O[C@H](C)C(=O)NCc2ccccc2)c1C. The third-order valence-corrected chi connectivity index (χ3v) is 3.79. The topological polar surface area (TPSA) is 55.4 Å². The van der Waals surface area contributed by atoms with Crippen molar-refractivity contribution in [3.8, 4) is 0 Å². The van der Waals surface area contributed by atoms with Crippen LogP contribution in [0.1, 0.15) is 34.0 Å². The van der Waals surface area contributed by atoms with Crippen LogP contribution in [0, 0.1) is 13.8 Å². The van der Waals surface area contributed by atoms with E-state index in [1.54, 1.807) is 19.1 Å². The third-order valence-electron chi connectivity index (χ3n) is 3.79. The van der Waals surface area contributed by atoms with Crippen molar-refractivity contribution in [1.29, 1.82) is 0 Å². The van der Waals surface area contributed by atoms with Crippen LogP contribution < -0.4 is 5.32 Å². The molecule has 2 rings (SSSR count). The molecule has 0 saturated carbocycles. The Morgan fingerprint density at radius 1 is 1.04 bits per heavy atom. The molecule has 120 valence electrons. The van der Waals surface area contributed by atoms with Crippen molar-refractivity contribution < 1.29 is 14.3 Å². The first-order valence-corrected chi connectivity index (χ1v) is 7.58. The molecule has 0 heterocycles. The fourth-order valence-electron chi connectivity index (χ4n) is 2.18. The fraction of sp³-hybridized carbons (Fsp3) is 0.263. The molecule has 0 aromatic heterocycles. The molecular formula is C19H21NO3. The van der Waals surface area contributed by atoms with Crippen molar-refractivity contribution in [2.75, 3.05) is 0 Å². The Bertz CT molecular complexity index is 695. The highest BCUT2D eigenvalue weighted by Gasteiger charge is 2.20. The minimum atomic E-state index is -0.842. The summed E-state index contributed by atoms with van der Waals surface area (Å²) in [6.07, 6.45) is -0.842. The Hall–Kier alpha value is -2.62. The van der Waals surface area contributed by atoms with Gasteiger partial charge in [-0.2, -0.15) is 0 Å². The van der Waals surface area contributed by atoms with Crippen LogP contribution in [0.25, 0.3) is 0 Å². The molecule has 0 aliphatic heterocycles. The minimum Gasteiger partial charge on any atom is -0.449 e. The smallest absolute Gasteiger partial charge is 0.339 e. The molecule has 0 saturated heterocycles. The fourth-order valence-corrected chi connectivity index (χ4v) is 2.18. The van der Waals surface area contributed by atoms with Gasteiger partial charge in [0.25, 0.3) is 5.91 Å². The zero-order valence-corrected chi connectivity index (χ0v) is 13.6. The van der Waals surface area contributed by atoms with E-state index in [9.17, 15) is 9.59 Å². The normalized spacial score (nSPS) is 11.6. The van der Waals surface area contributed by atoms with Crippen molar-refractivity contribution in [1.82, 2.24) is 5.32 Å². The van der Waals surface area contributed by atoms with Gasteiger partial charge in [0.2, 0.25) is 0 Å². The van der Waals surface area contributed by atoms with Gasteiger partial charge < -0.3 is 10.1 Å². The maximum Gasteiger partial charge on any atom is 0.339 e. The van der Waals surface area contributed by atoms with E-state index in [0.717, 1.165) is 16.7 Å². The van der Waals surface area contributed by atoms with E-state index >= 15 is 0 Å². The molecule has 0 aliphatic carbocycles. The van der Waals surface area contributed by atoms with Gasteiger partial charge in [0, 0.05) is 6.54 Å². The standard InChI is InChI=1S/C19H21NO3/c1-13-8-7-11-17(14(13)2)19(22)23-15(3)18(21)20-12-16-9-5-4-6-10-16/h4-11,15H,12H2,1-3H3,(H,20,21)/t15-/m1/s1. The van der Waals surface area contributed by atoms with Gasteiger partial charge in [0.15, 0.2) is 6.10 Å². The van der Waals surface area contributed by atoms with Crippen LogP contribution in [0.5, 0.6) is 0 Å². The van der Waals surface area contributed by atoms with E-state index in [2.05, 4.69) is 5.32 Å². The number of hydrogen-bond acceptors (Lipinski definition) is 3. The number of carbonyl (C=O) groups excluding carboxylic acids is 2. The number of carbonyl (C=O) groups is 2. The van der Waals surface area contributed by atoms with Crippen molar-refractivity contribution in [3.63, 3.8) is 0 Å². The summed E-state index contributed by atoms with van der Waals surface area (Å²) in [5, 5.41) is 2.77. The first kappa shape index (κ1) is 16.7. The summed E-state index contributed by atoms with van der Waals surface area (Å²) in [6.45, 7) is 5.78. The summed E-state index contributed by atoms with van der Waals surface area (Å²) < 4.78 is 5.27. The van der Waals surface area contributed by atoms with Gasteiger partial charge in [-0.25, -0.2) is 4.79 Å². The lowest BCUT2D eigenvalue weighted by Gasteiger charge is -2.15. The van der Waals surface area contributed by atoms with E-state index in [4.69, 9.17) is 4.74 Å². The number of nitrogens with one attached hydrogen (secondary N) is 1. The van der Waals surface area contributed by atoms with Gasteiger partial charge in [-0.05, 0) is 43.5 Å². The summed E-state index contributed by atoms with van der Waals surface area (Å²) in [7, 11) is 0. The average Bonchev–Trinajstić information content (AvgIpc) is 2.55. The predicted molar refractivity (Wildman–Crippen MR) is 89.1 cm³/mol. The van der Waals surface area contributed by atoms with Gasteiger partial charge in [0.1, 0.15) is 0 Å². The molecule has 0 aliphatic rings. The van der Waals surface area contributed by atoms with Crippen LogP contribution >= 0.6 is 0 Å². The molecule has 0 spiro atoms. The zero-order valence-electron chi connectivity index (χ0n) is 13.6. The van der Waals surface area contributed by atoms with Crippen LogP contribution in [0.15, 0.2) is 48.5 Å². The highest BCUT2D eigenvalue weighted by atomic mass is 16.5. The number of esters is 1. The van der Waals surface area contributed by atoms with Crippen molar-refractivity contribution >= 4 is 11.9 Å². The van der Waals surface area contributed by atoms with E-state index in [0.29, 0.717) is 12.1 Å². The Morgan fingerprint density at radius 2 is 1.74 bits per heavy atom. The Kier molecular flexibility index (Phi) is 5.52. The van der Waals surface area contributed by atoms with Gasteiger partial charge in [-0.1, -0.05) is 42.5 Å². The van der Waals surface area contributed by atoms with Gasteiger partial charge in [-0.15, -0.1) is 0 Å². The monoisotopic (exact) mass is 311 g/mol. The van der Waals surface area contributed by atoms with E-state index in [-0.39, 0.29) is 5.91 Å². The van der Waals surface area contributed by atoms with Gasteiger partial charge in [0.05, 0.1) is 5.56 Å².